The molecule has 0 aliphatic heterocycles. The predicted octanol–water partition coefficient (Wildman–Crippen LogP) is 4.42. The standard InChI is InChI=1S/C11H9Br2N3S/c1-7-6-17-11(15-7)16-14-5-8-2-9(12)4-10(13)3-8/h2-6H,1H3,(H,15,16). The van der Waals surface area contributed by atoms with Crippen LogP contribution < -0.4 is 5.43 Å². The Morgan fingerprint density at radius 1 is 1.29 bits per heavy atom. The topological polar surface area (TPSA) is 37.3 Å². The number of thiazole rings is 1. The van der Waals surface area contributed by atoms with Gasteiger partial charge in [0.05, 0.1) is 11.9 Å². The van der Waals surface area contributed by atoms with Crippen molar-refractivity contribution in [3.63, 3.8) is 0 Å². The van der Waals surface area contributed by atoms with Crippen molar-refractivity contribution in [3.05, 3.63) is 43.8 Å². The molecule has 0 unspecified atom stereocenters. The van der Waals surface area contributed by atoms with Gasteiger partial charge in [-0.1, -0.05) is 31.9 Å². The van der Waals surface area contributed by atoms with Crippen molar-refractivity contribution in [2.24, 2.45) is 5.10 Å². The second-order valence-corrected chi connectivity index (χ2v) is 6.06. The summed E-state index contributed by atoms with van der Waals surface area (Å²) in [7, 11) is 0. The average Bonchev–Trinajstić information content (AvgIpc) is 2.63. The smallest absolute Gasteiger partial charge is 0.203 e. The first-order valence-corrected chi connectivity index (χ1v) is 7.27. The van der Waals surface area contributed by atoms with Crippen LogP contribution in [0.25, 0.3) is 0 Å². The van der Waals surface area contributed by atoms with E-state index >= 15 is 0 Å². The number of nitrogens with one attached hydrogen (secondary N) is 1. The normalized spacial score (nSPS) is 11.0. The Morgan fingerprint density at radius 3 is 2.59 bits per heavy atom. The molecule has 1 aromatic carbocycles. The molecule has 3 nitrogen and oxygen atoms in total. The molecule has 88 valence electrons. The molecular weight excluding hydrogens is 366 g/mol. The molecule has 1 aromatic heterocycles. The summed E-state index contributed by atoms with van der Waals surface area (Å²) in [6.45, 7) is 1.96. The fourth-order valence-electron chi connectivity index (χ4n) is 1.22. The molecule has 1 N–H and O–H groups in total. The molecule has 0 aliphatic carbocycles. The monoisotopic (exact) mass is 373 g/mol. The van der Waals surface area contributed by atoms with Gasteiger partial charge in [-0.2, -0.15) is 5.10 Å². The number of anilines is 1. The van der Waals surface area contributed by atoms with Crippen LogP contribution in [-0.4, -0.2) is 11.2 Å². The summed E-state index contributed by atoms with van der Waals surface area (Å²) in [6.07, 6.45) is 1.76. The van der Waals surface area contributed by atoms with Gasteiger partial charge in [0.1, 0.15) is 0 Å². The van der Waals surface area contributed by atoms with Crippen molar-refractivity contribution in [1.29, 1.82) is 0 Å². The predicted molar refractivity (Wildman–Crippen MR) is 79.9 cm³/mol. The third kappa shape index (κ3) is 3.90. The fraction of sp³-hybridized carbons (Fsp3) is 0.0909. The number of halogens is 2. The SMILES string of the molecule is Cc1csc(NN=Cc2cc(Br)cc(Br)c2)n1. The zero-order chi connectivity index (χ0) is 12.3. The van der Waals surface area contributed by atoms with E-state index in [2.05, 4.69) is 47.4 Å². The van der Waals surface area contributed by atoms with Gasteiger partial charge in [-0.25, -0.2) is 4.98 Å². The molecule has 2 aromatic rings. The summed E-state index contributed by atoms with van der Waals surface area (Å²) >= 11 is 8.40. The summed E-state index contributed by atoms with van der Waals surface area (Å²) in [5, 5.41) is 6.92. The van der Waals surface area contributed by atoms with Gasteiger partial charge in [0, 0.05) is 14.3 Å². The van der Waals surface area contributed by atoms with Gasteiger partial charge in [-0.05, 0) is 30.7 Å². The minimum atomic E-state index is 0.799. The Bertz CT molecular complexity index is 531. The molecule has 0 aliphatic rings. The van der Waals surface area contributed by atoms with Crippen LogP contribution in [0.3, 0.4) is 0 Å². The highest BCUT2D eigenvalue weighted by Crippen LogP contribution is 2.19. The third-order valence-corrected chi connectivity index (χ3v) is 3.66. The van der Waals surface area contributed by atoms with Gasteiger partial charge in [-0.15, -0.1) is 11.3 Å². The maximum atomic E-state index is 4.25. The number of hydrazone groups is 1. The van der Waals surface area contributed by atoms with E-state index in [0.29, 0.717) is 0 Å². The quantitative estimate of drug-likeness (QED) is 0.637. The zero-order valence-corrected chi connectivity index (χ0v) is 12.9. The maximum absolute atomic E-state index is 4.25. The lowest BCUT2D eigenvalue weighted by molar-refractivity contribution is 1.22. The van der Waals surface area contributed by atoms with Crippen LogP contribution in [-0.2, 0) is 0 Å². The summed E-state index contributed by atoms with van der Waals surface area (Å²) < 4.78 is 2.02. The highest BCUT2D eigenvalue weighted by molar-refractivity contribution is 9.11. The van der Waals surface area contributed by atoms with E-state index in [0.717, 1.165) is 25.3 Å². The van der Waals surface area contributed by atoms with Crippen LogP contribution in [0.15, 0.2) is 37.6 Å². The van der Waals surface area contributed by atoms with E-state index in [1.807, 2.05) is 30.5 Å². The van der Waals surface area contributed by atoms with E-state index in [9.17, 15) is 0 Å². The number of aryl methyl sites for hydroxylation is 1. The minimum Gasteiger partial charge on any atom is -0.253 e. The lowest BCUT2D eigenvalue weighted by Gasteiger charge is -1.97. The summed E-state index contributed by atoms with van der Waals surface area (Å²) in [5.41, 5.74) is 4.90. The number of hydrogen-bond acceptors (Lipinski definition) is 4. The lowest BCUT2D eigenvalue weighted by atomic mass is 10.2. The number of aromatic nitrogens is 1. The third-order valence-electron chi connectivity index (χ3n) is 1.88. The zero-order valence-electron chi connectivity index (χ0n) is 8.95. The van der Waals surface area contributed by atoms with E-state index in [4.69, 9.17) is 0 Å². The maximum Gasteiger partial charge on any atom is 0.203 e. The van der Waals surface area contributed by atoms with Crippen LogP contribution in [0.5, 0.6) is 0 Å². The van der Waals surface area contributed by atoms with Crippen molar-refractivity contribution >= 4 is 54.5 Å². The summed E-state index contributed by atoms with van der Waals surface area (Å²) in [6, 6.07) is 5.96. The number of nitrogens with zero attached hydrogens (tertiary/aromatic N) is 2. The molecular formula is C11H9Br2N3S. The molecule has 0 spiro atoms. The Balaban J connectivity index is 2.05. The molecule has 1 heterocycles. The molecule has 17 heavy (non-hydrogen) atoms. The number of benzene rings is 1. The van der Waals surface area contributed by atoms with Gasteiger partial charge in [0.15, 0.2) is 0 Å². The molecule has 0 radical (unpaired) electrons. The molecule has 0 atom stereocenters. The van der Waals surface area contributed by atoms with Gasteiger partial charge < -0.3 is 0 Å². The molecule has 0 saturated carbocycles. The van der Waals surface area contributed by atoms with Crippen LogP contribution in [0.2, 0.25) is 0 Å². The van der Waals surface area contributed by atoms with E-state index in [-0.39, 0.29) is 0 Å². The molecule has 6 heteroatoms. The van der Waals surface area contributed by atoms with Crippen LogP contribution in [0.1, 0.15) is 11.3 Å². The first kappa shape index (κ1) is 12.7. The summed E-state index contributed by atoms with van der Waals surface area (Å²) in [4.78, 5) is 4.25. The van der Waals surface area contributed by atoms with E-state index < -0.39 is 0 Å². The Morgan fingerprint density at radius 2 is 2.00 bits per heavy atom. The largest absolute Gasteiger partial charge is 0.253 e. The molecule has 0 bridgehead atoms. The van der Waals surface area contributed by atoms with Crippen molar-refractivity contribution in [3.8, 4) is 0 Å². The van der Waals surface area contributed by atoms with E-state index in [1.54, 1.807) is 6.21 Å². The van der Waals surface area contributed by atoms with Crippen molar-refractivity contribution in [2.75, 3.05) is 5.43 Å². The van der Waals surface area contributed by atoms with Crippen LogP contribution in [0.4, 0.5) is 5.13 Å². The van der Waals surface area contributed by atoms with Crippen molar-refractivity contribution in [1.82, 2.24) is 4.98 Å². The Hall–Kier alpha value is -0.720. The second-order valence-electron chi connectivity index (χ2n) is 3.37. The van der Waals surface area contributed by atoms with Gasteiger partial charge in [0.25, 0.3) is 0 Å². The molecule has 2 rings (SSSR count). The van der Waals surface area contributed by atoms with Crippen molar-refractivity contribution < 1.29 is 0 Å². The minimum absolute atomic E-state index is 0.799. The van der Waals surface area contributed by atoms with E-state index in [1.165, 1.54) is 11.3 Å². The highest BCUT2D eigenvalue weighted by atomic mass is 79.9. The van der Waals surface area contributed by atoms with Gasteiger partial charge >= 0.3 is 0 Å². The average molecular weight is 375 g/mol. The fourth-order valence-corrected chi connectivity index (χ4v) is 3.18. The Labute approximate surface area is 120 Å². The van der Waals surface area contributed by atoms with Gasteiger partial charge in [-0.3, -0.25) is 5.43 Å². The highest BCUT2D eigenvalue weighted by Gasteiger charge is 1.96. The summed E-state index contributed by atoms with van der Waals surface area (Å²) in [5.74, 6) is 0. The molecule has 0 amide bonds. The van der Waals surface area contributed by atoms with Crippen molar-refractivity contribution in [2.45, 2.75) is 6.92 Å². The molecule has 0 saturated heterocycles. The molecule has 0 fully saturated rings. The van der Waals surface area contributed by atoms with Gasteiger partial charge in [0.2, 0.25) is 5.13 Å². The Kier molecular flexibility index (Phi) is 4.31. The van der Waals surface area contributed by atoms with Crippen LogP contribution >= 0.6 is 43.2 Å². The first-order chi connectivity index (χ1) is 8.13. The second kappa shape index (κ2) is 5.75. The first-order valence-electron chi connectivity index (χ1n) is 4.81. The number of rotatable bonds is 3. The number of hydrogen-bond donors (Lipinski definition) is 1. The lowest BCUT2D eigenvalue weighted by Crippen LogP contribution is -1.90. The van der Waals surface area contributed by atoms with Crippen LogP contribution in [0, 0.1) is 6.92 Å².